The summed E-state index contributed by atoms with van der Waals surface area (Å²) in [5.41, 5.74) is 0.852. The maximum atomic E-state index is 11.0. The number of ether oxygens (including phenoxy) is 1. The van der Waals surface area contributed by atoms with Crippen molar-refractivity contribution in [3.63, 3.8) is 0 Å². The molecular weight excluding hydrogens is 258 g/mol. The molecule has 1 atom stereocenters. The third-order valence-electron chi connectivity index (χ3n) is 3.43. The molecule has 2 rings (SSSR count). The standard InChI is InChI=1S/C14H21N3O3/c1-3-8-20-13-9-11(4-5-12(13)17(18)19)16-14(2)6-7-15-10-14/h4-5,9,15-16H,3,6-8,10H2,1-2H3. The number of nitro groups is 1. The minimum Gasteiger partial charge on any atom is -0.487 e. The molecule has 0 amide bonds. The highest BCUT2D eigenvalue weighted by Crippen LogP contribution is 2.32. The van der Waals surface area contributed by atoms with Crippen LogP contribution in [-0.4, -0.2) is 30.2 Å². The van der Waals surface area contributed by atoms with Gasteiger partial charge in [-0.15, -0.1) is 0 Å². The Labute approximate surface area is 118 Å². The Balaban J connectivity index is 2.19. The second-order valence-electron chi connectivity index (χ2n) is 5.40. The first-order valence-corrected chi connectivity index (χ1v) is 6.94. The van der Waals surface area contributed by atoms with Gasteiger partial charge in [-0.05, 0) is 32.4 Å². The van der Waals surface area contributed by atoms with Crippen LogP contribution in [0.25, 0.3) is 0 Å². The summed E-state index contributed by atoms with van der Waals surface area (Å²) >= 11 is 0. The molecule has 1 aliphatic rings. The Morgan fingerprint density at radius 2 is 2.35 bits per heavy atom. The summed E-state index contributed by atoms with van der Waals surface area (Å²) in [6, 6.07) is 4.96. The predicted octanol–water partition coefficient (Wildman–Crippen LogP) is 2.55. The summed E-state index contributed by atoms with van der Waals surface area (Å²) in [7, 11) is 0. The largest absolute Gasteiger partial charge is 0.487 e. The van der Waals surface area contributed by atoms with Crippen molar-refractivity contribution in [3.8, 4) is 5.75 Å². The average Bonchev–Trinajstić information content (AvgIpc) is 2.82. The van der Waals surface area contributed by atoms with Crippen molar-refractivity contribution in [1.29, 1.82) is 0 Å². The van der Waals surface area contributed by atoms with Crippen LogP contribution in [0.5, 0.6) is 5.75 Å². The van der Waals surface area contributed by atoms with Gasteiger partial charge in [-0.25, -0.2) is 0 Å². The van der Waals surface area contributed by atoms with E-state index in [0.29, 0.717) is 12.4 Å². The minimum atomic E-state index is -0.409. The molecule has 0 aliphatic carbocycles. The van der Waals surface area contributed by atoms with E-state index < -0.39 is 4.92 Å². The number of nitrogens with zero attached hydrogens (tertiary/aromatic N) is 1. The Morgan fingerprint density at radius 1 is 1.55 bits per heavy atom. The second-order valence-corrected chi connectivity index (χ2v) is 5.40. The van der Waals surface area contributed by atoms with Crippen molar-refractivity contribution in [2.45, 2.75) is 32.2 Å². The Hall–Kier alpha value is -1.82. The number of hydrogen-bond acceptors (Lipinski definition) is 5. The maximum Gasteiger partial charge on any atom is 0.311 e. The van der Waals surface area contributed by atoms with Crippen molar-refractivity contribution in [1.82, 2.24) is 5.32 Å². The highest BCUT2D eigenvalue weighted by Gasteiger charge is 2.28. The van der Waals surface area contributed by atoms with Gasteiger partial charge >= 0.3 is 5.69 Å². The van der Waals surface area contributed by atoms with Gasteiger partial charge in [0.15, 0.2) is 5.75 Å². The van der Waals surface area contributed by atoms with Crippen molar-refractivity contribution < 1.29 is 9.66 Å². The summed E-state index contributed by atoms with van der Waals surface area (Å²) in [4.78, 5) is 10.6. The monoisotopic (exact) mass is 279 g/mol. The number of rotatable bonds is 6. The molecule has 6 nitrogen and oxygen atoms in total. The molecule has 1 unspecified atom stereocenters. The Bertz CT molecular complexity index is 485. The lowest BCUT2D eigenvalue weighted by molar-refractivity contribution is -0.385. The molecule has 1 aromatic carbocycles. The fraction of sp³-hybridized carbons (Fsp3) is 0.571. The molecule has 1 aliphatic heterocycles. The summed E-state index contributed by atoms with van der Waals surface area (Å²) in [6.45, 7) is 6.45. The smallest absolute Gasteiger partial charge is 0.311 e. The molecule has 0 bridgehead atoms. The van der Waals surface area contributed by atoms with Crippen LogP contribution in [0.2, 0.25) is 0 Å². The normalized spacial score (nSPS) is 21.7. The van der Waals surface area contributed by atoms with Crippen molar-refractivity contribution in [2.24, 2.45) is 0 Å². The zero-order valence-electron chi connectivity index (χ0n) is 11.9. The van der Waals surface area contributed by atoms with Gasteiger partial charge in [0.05, 0.1) is 11.5 Å². The first kappa shape index (κ1) is 14.6. The first-order valence-electron chi connectivity index (χ1n) is 6.94. The Morgan fingerprint density at radius 3 is 2.95 bits per heavy atom. The van der Waals surface area contributed by atoms with Crippen LogP contribution in [0.1, 0.15) is 26.7 Å². The first-order chi connectivity index (χ1) is 9.54. The predicted molar refractivity (Wildman–Crippen MR) is 78.4 cm³/mol. The molecule has 2 N–H and O–H groups in total. The van der Waals surface area contributed by atoms with Gasteiger partial charge in [0, 0.05) is 29.9 Å². The lowest BCUT2D eigenvalue weighted by Crippen LogP contribution is -2.36. The van der Waals surface area contributed by atoms with E-state index in [-0.39, 0.29) is 11.2 Å². The highest BCUT2D eigenvalue weighted by atomic mass is 16.6. The van der Waals surface area contributed by atoms with Gasteiger partial charge in [0.2, 0.25) is 0 Å². The minimum absolute atomic E-state index is 0.0127. The van der Waals surface area contributed by atoms with Crippen LogP contribution in [-0.2, 0) is 0 Å². The van der Waals surface area contributed by atoms with Crippen LogP contribution in [0.3, 0.4) is 0 Å². The van der Waals surface area contributed by atoms with E-state index in [9.17, 15) is 10.1 Å². The van der Waals surface area contributed by atoms with E-state index in [1.54, 1.807) is 12.1 Å². The Kier molecular flexibility index (Phi) is 4.44. The molecular formula is C14H21N3O3. The molecule has 0 spiro atoms. The van der Waals surface area contributed by atoms with Gasteiger partial charge in [0.25, 0.3) is 0 Å². The zero-order chi connectivity index (χ0) is 14.6. The molecule has 110 valence electrons. The van der Waals surface area contributed by atoms with Crippen LogP contribution in [0, 0.1) is 10.1 Å². The molecule has 1 aromatic rings. The van der Waals surface area contributed by atoms with Gasteiger partial charge in [-0.2, -0.15) is 0 Å². The summed E-state index contributed by atoms with van der Waals surface area (Å²) < 4.78 is 5.49. The highest BCUT2D eigenvalue weighted by molar-refractivity contribution is 5.59. The van der Waals surface area contributed by atoms with Crippen LogP contribution >= 0.6 is 0 Å². The molecule has 6 heteroatoms. The molecule has 1 heterocycles. The molecule has 1 fully saturated rings. The molecule has 1 saturated heterocycles. The number of benzene rings is 1. The van der Waals surface area contributed by atoms with Crippen LogP contribution < -0.4 is 15.4 Å². The van der Waals surface area contributed by atoms with Gasteiger partial charge in [0.1, 0.15) is 0 Å². The van der Waals surface area contributed by atoms with Gasteiger partial charge in [-0.1, -0.05) is 6.92 Å². The number of hydrogen-bond donors (Lipinski definition) is 2. The van der Waals surface area contributed by atoms with E-state index in [4.69, 9.17) is 4.74 Å². The lowest BCUT2D eigenvalue weighted by Gasteiger charge is -2.26. The average molecular weight is 279 g/mol. The number of anilines is 1. The summed E-state index contributed by atoms with van der Waals surface area (Å²) in [5, 5.41) is 17.7. The molecule has 0 saturated carbocycles. The number of nitro benzene ring substituents is 1. The van der Waals surface area contributed by atoms with Gasteiger partial charge in [-0.3, -0.25) is 10.1 Å². The van der Waals surface area contributed by atoms with Crippen molar-refractivity contribution in [2.75, 3.05) is 25.0 Å². The molecule has 0 aromatic heterocycles. The quantitative estimate of drug-likeness (QED) is 0.618. The van der Waals surface area contributed by atoms with Crippen LogP contribution in [0.15, 0.2) is 18.2 Å². The summed E-state index contributed by atoms with van der Waals surface area (Å²) in [6.07, 6.45) is 1.84. The summed E-state index contributed by atoms with van der Waals surface area (Å²) in [5.74, 6) is 0.330. The lowest BCUT2D eigenvalue weighted by atomic mass is 10.0. The molecule has 0 radical (unpaired) electrons. The van der Waals surface area contributed by atoms with Crippen molar-refractivity contribution in [3.05, 3.63) is 28.3 Å². The van der Waals surface area contributed by atoms with E-state index in [1.165, 1.54) is 6.07 Å². The zero-order valence-corrected chi connectivity index (χ0v) is 11.9. The third kappa shape index (κ3) is 3.39. The maximum absolute atomic E-state index is 11.0. The fourth-order valence-electron chi connectivity index (χ4n) is 2.34. The van der Waals surface area contributed by atoms with Crippen LogP contribution in [0.4, 0.5) is 11.4 Å². The third-order valence-corrected chi connectivity index (χ3v) is 3.43. The van der Waals surface area contributed by atoms with Gasteiger partial charge < -0.3 is 15.4 Å². The topological polar surface area (TPSA) is 76.4 Å². The fourth-order valence-corrected chi connectivity index (χ4v) is 2.34. The van der Waals surface area contributed by atoms with E-state index in [2.05, 4.69) is 17.6 Å². The van der Waals surface area contributed by atoms with E-state index >= 15 is 0 Å². The molecule has 20 heavy (non-hydrogen) atoms. The van der Waals surface area contributed by atoms with Crippen molar-refractivity contribution >= 4 is 11.4 Å². The second kappa shape index (κ2) is 6.09. The number of nitrogens with one attached hydrogen (secondary N) is 2. The van der Waals surface area contributed by atoms with E-state index in [0.717, 1.165) is 31.6 Å². The van der Waals surface area contributed by atoms with E-state index in [1.807, 2.05) is 6.92 Å². The SMILES string of the molecule is CCCOc1cc(NC2(C)CCNC2)ccc1[N+](=O)[O-].